The van der Waals surface area contributed by atoms with E-state index in [1.165, 1.54) is 12.3 Å². The van der Waals surface area contributed by atoms with Crippen LogP contribution in [-0.2, 0) is 17.8 Å². The van der Waals surface area contributed by atoms with Crippen LogP contribution in [-0.4, -0.2) is 44.5 Å². The van der Waals surface area contributed by atoms with Crippen LogP contribution >= 0.6 is 0 Å². The zero-order valence-corrected chi connectivity index (χ0v) is 11.7. The van der Waals surface area contributed by atoms with Gasteiger partial charge in [-0.05, 0) is 18.6 Å². The molecule has 8 nitrogen and oxygen atoms in total. The number of hydrogen-bond donors (Lipinski definition) is 2. The first kappa shape index (κ1) is 14.9. The van der Waals surface area contributed by atoms with E-state index in [1.54, 1.807) is 19.5 Å². The SMILES string of the molecule is COCCCn1cnnc1CNC(=O)c1ncccc1O. The van der Waals surface area contributed by atoms with E-state index in [4.69, 9.17) is 4.74 Å². The van der Waals surface area contributed by atoms with E-state index in [0.717, 1.165) is 6.42 Å². The minimum atomic E-state index is -0.459. The number of carbonyl (C=O) groups excluding carboxylic acids is 1. The summed E-state index contributed by atoms with van der Waals surface area (Å²) in [5.74, 6) is 0.0194. The number of nitrogens with zero attached hydrogens (tertiary/aromatic N) is 4. The number of pyridine rings is 1. The lowest BCUT2D eigenvalue weighted by Gasteiger charge is -2.08. The first-order valence-electron chi connectivity index (χ1n) is 6.50. The van der Waals surface area contributed by atoms with E-state index in [9.17, 15) is 9.90 Å². The molecule has 2 aromatic rings. The average Bonchev–Trinajstić information content (AvgIpc) is 2.93. The largest absolute Gasteiger partial charge is 0.505 e. The topological polar surface area (TPSA) is 102 Å². The van der Waals surface area contributed by atoms with E-state index in [0.29, 0.717) is 19.0 Å². The Bertz CT molecular complexity index is 599. The normalized spacial score (nSPS) is 10.5. The van der Waals surface area contributed by atoms with Crippen LogP contribution in [0.25, 0.3) is 0 Å². The molecule has 0 radical (unpaired) electrons. The molecule has 1 amide bonds. The van der Waals surface area contributed by atoms with E-state index in [-0.39, 0.29) is 18.0 Å². The maximum Gasteiger partial charge on any atom is 0.274 e. The van der Waals surface area contributed by atoms with Crippen LogP contribution in [0.4, 0.5) is 0 Å². The predicted octanol–water partition coefficient (Wildman–Crippen LogP) is 0.345. The summed E-state index contributed by atoms with van der Waals surface area (Å²) in [6.45, 7) is 1.56. The van der Waals surface area contributed by atoms with Crippen LogP contribution in [0.15, 0.2) is 24.7 Å². The summed E-state index contributed by atoms with van der Waals surface area (Å²) in [7, 11) is 1.65. The number of aryl methyl sites for hydroxylation is 1. The number of amides is 1. The minimum Gasteiger partial charge on any atom is -0.505 e. The zero-order chi connectivity index (χ0) is 15.1. The number of hydrogen-bond acceptors (Lipinski definition) is 6. The lowest BCUT2D eigenvalue weighted by molar-refractivity contribution is 0.0941. The Morgan fingerprint density at radius 2 is 2.38 bits per heavy atom. The summed E-state index contributed by atoms with van der Waals surface area (Å²) in [6, 6.07) is 2.97. The maximum atomic E-state index is 11.9. The molecule has 21 heavy (non-hydrogen) atoms. The van der Waals surface area contributed by atoms with Crippen molar-refractivity contribution in [3.63, 3.8) is 0 Å². The summed E-state index contributed by atoms with van der Waals surface area (Å²) in [4.78, 5) is 15.8. The van der Waals surface area contributed by atoms with Gasteiger partial charge in [-0.15, -0.1) is 10.2 Å². The monoisotopic (exact) mass is 291 g/mol. The van der Waals surface area contributed by atoms with Crippen LogP contribution in [0.5, 0.6) is 5.75 Å². The maximum absolute atomic E-state index is 11.9. The van der Waals surface area contributed by atoms with Crippen LogP contribution in [0.3, 0.4) is 0 Å². The number of methoxy groups -OCH3 is 1. The highest BCUT2D eigenvalue weighted by Crippen LogP contribution is 2.12. The summed E-state index contributed by atoms with van der Waals surface area (Å²) in [5, 5.41) is 20.0. The molecule has 112 valence electrons. The standard InChI is InChI=1S/C13H17N5O3/c1-21-7-3-6-18-9-16-17-11(18)8-15-13(20)12-10(19)4-2-5-14-12/h2,4-5,9,19H,3,6-8H2,1H3,(H,15,20). The van der Waals surface area contributed by atoms with Gasteiger partial charge in [0.2, 0.25) is 0 Å². The summed E-state index contributed by atoms with van der Waals surface area (Å²) in [5.41, 5.74) is -0.0112. The first-order chi connectivity index (χ1) is 10.2. The lowest BCUT2D eigenvalue weighted by Crippen LogP contribution is -2.25. The highest BCUT2D eigenvalue weighted by Gasteiger charge is 2.13. The molecule has 0 bridgehead atoms. The Kier molecular flexibility index (Phi) is 5.22. The van der Waals surface area contributed by atoms with E-state index in [1.807, 2.05) is 4.57 Å². The predicted molar refractivity (Wildman–Crippen MR) is 73.6 cm³/mol. The van der Waals surface area contributed by atoms with Crippen LogP contribution in [0.2, 0.25) is 0 Å². The van der Waals surface area contributed by atoms with Crippen molar-refractivity contribution in [1.29, 1.82) is 0 Å². The Balaban J connectivity index is 1.93. The number of carbonyl (C=O) groups is 1. The van der Waals surface area contributed by atoms with Gasteiger partial charge in [-0.2, -0.15) is 0 Å². The average molecular weight is 291 g/mol. The van der Waals surface area contributed by atoms with Gasteiger partial charge >= 0.3 is 0 Å². The molecule has 0 spiro atoms. The van der Waals surface area contributed by atoms with Gasteiger partial charge in [-0.3, -0.25) is 4.79 Å². The van der Waals surface area contributed by atoms with Crippen molar-refractivity contribution >= 4 is 5.91 Å². The molecule has 0 atom stereocenters. The van der Waals surface area contributed by atoms with Gasteiger partial charge in [-0.1, -0.05) is 0 Å². The van der Waals surface area contributed by atoms with Crippen LogP contribution in [0, 0.1) is 0 Å². The van der Waals surface area contributed by atoms with E-state index >= 15 is 0 Å². The second-order valence-electron chi connectivity index (χ2n) is 4.34. The summed E-state index contributed by atoms with van der Waals surface area (Å²) in [6.07, 6.45) is 3.88. The highest BCUT2D eigenvalue weighted by molar-refractivity contribution is 5.94. The van der Waals surface area contributed by atoms with Crippen LogP contribution < -0.4 is 5.32 Å². The highest BCUT2D eigenvalue weighted by atomic mass is 16.5. The molecular formula is C13H17N5O3. The second kappa shape index (κ2) is 7.34. The molecule has 0 aliphatic rings. The van der Waals surface area contributed by atoms with Gasteiger partial charge in [0.1, 0.15) is 12.1 Å². The van der Waals surface area contributed by atoms with E-state index < -0.39 is 5.91 Å². The minimum absolute atomic E-state index is 0.0112. The molecule has 0 saturated heterocycles. The number of rotatable bonds is 7. The first-order valence-corrected chi connectivity index (χ1v) is 6.50. The fourth-order valence-corrected chi connectivity index (χ4v) is 1.80. The molecule has 2 aromatic heterocycles. The number of ether oxygens (including phenoxy) is 1. The van der Waals surface area contributed by atoms with Crippen molar-refractivity contribution in [2.24, 2.45) is 0 Å². The van der Waals surface area contributed by atoms with Gasteiger partial charge in [-0.25, -0.2) is 4.98 Å². The molecule has 0 aliphatic heterocycles. The number of aromatic nitrogens is 4. The van der Waals surface area contributed by atoms with Crippen LogP contribution in [0.1, 0.15) is 22.7 Å². The Hall–Kier alpha value is -2.48. The van der Waals surface area contributed by atoms with Crippen molar-refractivity contribution in [2.75, 3.05) is 13.7 Å². The molecule has 2 N–H and O–H groups in total. The fraction of sp³-hybridized carbons (Fsp3) is 0.385. The molecule has 2 heterocycles. The Morgan fingerprint density at radius 3 is 3.14 bits per heavy atom. The third-order valence-corrected chi connectivity index (χ3v) is 2.85. The molecular weight excluding hydrogens is 274 g/mol. The fourth-order valence-electron chi connectivity index (χ4n) is 1.80. The third kappa shape index (κ3) is 3.99. The molecule has 0 saturated carbocycles. The van der Waals surface area contributed by atoms with Gasteiger partial charge in [0.15, 0.2) is 11.5 Å². The smallest absolute Gasteiger partial charge is 0.274 e. The zero-order valence-electron chi connectivity index (χ0n) is 11.7. The summed E-state index contributed by atoms with van der Waals surface area (Å²) >= 11 is 0. The van der Waals surface area contributed by atoms with Crippen molar-refractivity contribution in [3.8, 4) is 5.75 Å². The second-order valence-corrected chi connectivity index (χ2v) is 4.34. The molecule has 2 rings (SSSR count). The van der Waals surface area contributed by atoms with Crippen molar-refractivity contribution < 1.29 is 14.6 Å². The van der Waals surface area contributed by atoms with Gasteiger partial charge in [0.25, 0.3) is 5.91 Å². The molecule has 8 heteroatoms. The molecule has 0 unspecified atom stereocenters. The number of aromatic hydroxyl groups is 1. The van der Waals surface area contributed by atoms with E-state index in [2.05, 4.69) is 20.5 Å². The van der Waals surface area contributed by atoms with Crippen molar-refractivity contribution in [3.05, 3.63) is 36.2 Å². The van der Waals surface area contributed by atoms with Gasteiger partial charge in [0, 0.05) is 26.5 Å². The molecule has 0 aromatic carbocycles. The molecule has 0 fully saturated rings. The quantitative estimate of drug-likeness (QED) is 0.713. The molecule has 0 aliphatic carbocycles. The van der Waals surface area contributed by atoms with Gasteiger partial charge < -0.3 is 19.7 Å². The Morgan fingerprint density at radius 1 is 1.52 bits per heavy atom. The Labute approximate surface area is 121 Å². The van der Waals surface area contributed by atoms with Crippen molar-refractivity contribution in [1.82, 2.24) is 25.1 Å². The van der Waals surface area contributed by atoms with Gasteiger partial charge in [0.05, 0.1) is 6.54 Å². The number of nitrogens with one attached hydrogen (secondary N) is 1. The third-order valence-electron chi connectivity index (χ3n) is 2.85. The van der Waals surface area contributed by atoms with Crippen molar-refractivity contribution in [2.45, 2.75) is 19.5 Å². The lowest BCUT2D eigenvalue weighted by atomic mass is 10.3. The summed E-state index contributed by atoms with van der Waals surface area (Å²) < 4.78 is 6.83.